The number of fused-ring (bicyclic) bond motifs is 1. The molecular weight excluding hydrogens is 320 g/mol. The first kappa shape index (κ1) is 14.0. The Kier molecular flexibility index (Phi) is 4.10. The summed E-state index contributed by atoms with van der Waals surface area (Å²) in [5.74, 6) is 0.125. The number of hydrogen-bond acceptors (Lipinski definition) is 3. The molecule has 2 aliphatic rings. The predicted octanol–water partition coefficient (Wildman–Crippen LogP) is 1.91. The van der Waals surface area contributed by atoms with Crippen LogP contribution in [0.25, 0.3) is 0 Å². The fourth-order valence-corrected chi connectivity index (χ4v) is 3.58. The second kappa shape index (κ2) is 5.84. The van der Waals surface area contributed by atoms with Crippen LogP contribution < -0.4 is 0 Å². The summed E-state index contributed by atoms with van der Waals surface area (Å²) in [4.78, 5) is 17.0. The highest BCUT2D eigenvalue weighted by Crippen LogP contribution is 2.19. The third-order valence-electron chi connectivity index (χ3n) is 4.01. The Hall–Kier alpha value is -0.910. The van der Waals surface area contributed by atoms with Crippen LogP contribution in [0.15, 0.2) is 22.7 Å². The molecule has 0 aromatic heterocycles. The minimum absolute atomic E-state index is 0.125. The van der Waals surface area contributed by atoms with Gasteiger partial charge in [0.05, 0.1) is 19.3 Å². The zero-order valence-electron chi connectivity index (χ0n) is 11.6. The molecule has 3 rings (SSSR count). The van der Waals surface area contributed by atoms with Crippen molar-refractivity contribution >= 4 is 21.8 Å². The van der Waals surface area contributed by atoms with Crippen molar-refractivity contribution < 1.29 is 9.53 Å². The molecule has 5 heteroatoms. The smallest absolute Gasteiger partial charge is 0.254 e. The largest absolute Gasteiger partial charge is 0.378 e. The van der Waals surface area contributed by atoms with Crippen molar-refractivity contribution in [1.29, 1.82) is 0 Å². The third kappa shape index (κ3) is 2.90. The lowest BCUT2D eigenvalue weighted by molar-refractivity contribution is -0.0395. The molecular formula is C15H19BrN2O2. The van der Waals surface area contributed by atoms with E-state index in [1.54, 1.807) is 0 Å². The zero-order chi connectivity index (χ0) is 14.1. The summed E-state index contributed by atoms with van der Waals surface area (Å²) < 4.78 is 6.48. The number of piperazine rings is 1. The summed E-state index contributed by atoms with van der Waals surface area (Å²) >= 11 is 3.46. The Morgan fingerprint density at radius 3 is 2.95 bits per heavy atom. The number of rotatable bonds is 1. The van der Waals surface area contributed by atoms with E-state index in [2.05, 4.69) is 20.8 Å². The Balaban J connectivity index is 1.74. The molecule has 0 aliphatic carbocycles. The van der Waals surface area contributed by atoms with Crippen LogP contribution in [0.5, 0.6) is 0 Å². The van der Waals surface area contributed by atoms with Gasteiger partial charge in [-0.3, -0.25) is 9.69 Å². The number of carbonyl (C=O) groups excluding carboxylic acids is 1. The molecule has 1 aromatic rings. The molecule has 1 atom stereocenters. The third-order valence-corrected chi connectivity index (χ3v) is 4.47. The van der Waals surface area contributed by atoms with E-state index < -0.39 is 0 Å². The summed E-state index contributed by atoms with van der Waals surface area (Å²) in [6, 6.07) is 6.23. The van der Waals surface area contributed by atoms with Crippen molar-refractivity contribution in [3.05, 3.63) is 33.8 Å². The summed E-state index contributed by atoms with van der Waals surface area (Å²) in [5.41, 5.74) is 1.87. The topological polar surface area (TPSA) is 32.8 Å². The van der Waals surface area contributed by atoms with Gasteiger partial charge in [0.2, 0.25) is 0 Å². The molecule has 0 N–H and O–H groups in total. The minimum atomic E-state index is 0.125. The van der Waals surface area contributed by atoms with E-state index in [0.29, 0.717) is 6.04 Å². The molecule has 0 unspecified atom stereocenters. The minimum Gasteiger partial charge on any atom is -0.378 e. The van der Waals surface area contributed by atoms with Gasteiger partial charge in [-0.1, -0.05) is 15.9 Å². The lowest BCUT2D eigenvalue weighted by atomic mass is 10.1. The van der Waals surface area contributed by atoms with Crippen LogP contribution in [0, 0.1) is 6.92 Å². The van der Waals surface area contributed by atoms with E-state index in [9.17, 15) is 4.79 Å². The first-order chi connectivity index (χ1) is 9.63. The molecule has 0 saturated carbocycles. The Labute approximate surface area is 127 Å². The standard InChI is InChI=1S/C15H19BrN2O2/c1-11-6-12(8-13(16)7-11)15(19)18-3-2-17-4-5-20-10-14(17)9-18/h6-8,14H,2-5,9-10H2,1H3/t14-/m1/s1. The van der Waals surface area contributed by atoms with E-state index in [0.717, 1.165) is 55.0 Å². The molecule has 2 aliphatic heterocycles. The molecule has 0 radical (unpaired) electrons. The van der Waals surface area contributed by atoms with Gasteiger partial charge in [-0.15, -0.1) is 0 Å². The molecule has 2 fully saturated rings. The van der Waals surface area contributed by atoms with Crippen molar-refractivity contribution in [3.8, 4) is 0 Å². The highest BCUT2D eigenvalue weighted by molar-refractivity contribution is 9.10. The van der Waals surface area contributed by atoms with Crippen molar-refractivity contribution in [2.24, 2.45) is 0 Å². The number of amides is 1. The second-order valence-electron chi connectivity index (χ2n) is 5.53. The van der Waals surface area contributed by atoms with Crippen LogP contribution in [-0.2, 0) is 4.74 Å². The number of benzene rings is 1. The maximum atomic E-state index is 12.6. The van der Waals surface area contributed by atoms with Gasteiger partial charge in [-0.25, -0.2) is 0 Å². The maximum Gasteiger partial charge on any atom is 0.254 e. The average molecular weight is 339 g/mol. The first-order valence-corrected chi connectivity index (χ1v) is 7.81. The van der Waals surface area contributed by atoms with Gasteiger partial charge in [0.1, 0.15) is 0 Å². The normalized spacial score (nSPS) is 23.5. The highest BCUT2D eigenvalue weighted by Gasteiger charge is 2.31. The quantitative estimate of drug-likeness (QED) is 0.784. The predicted molar refractivity (Wildman–Crippen MR) is 81.0 cm³/mol. The SMILES string of the molecule is Cc1cc(Br)cc(C(=O)N2CCN3CCOC[C@H]3C2)c1. The molecule has 1 amide bonds. The van der Waals surface area contributed by atoms with E-state index in [4.69, 9.17) is 4.74 Å². The Morgan fingerprint density at radius 1 is 1.30 bits per heavy atom. The fourth-order valence-electron chi connectivity index (χ4n) is 2.97. The van der Waals surface area contributed by atoms with Crippen molar-refractivity contribution in [1.82, 2.24) is 9.80 Å². The van der Waals surface area contributed by atoms with E-state index in [1.807, 2.05) is 30.0 Å². The highest BCUT2D eigenvalue weighted by atomic mass is 79.9. The Bertz CT molecular complexity index is 500. The van der Waals surface area contributed by atoms with Gasteiger partial charge in [-0.05, 0) is 30.7 Å². The summed E-state index contributed by atoms with van der Waals surface area (Å²) in [6.45, 7) is 7.08. The molecule has 2 saturated heterocycles. The molecule has 1 aromatic carbocycles. The van der Waals surface area contributed by atoms with Crippen LogP contribution in [0.4, 0.5) is 0 Å². The fraction of sp³-hybridized carbons (Fsp3) is 0.533. The van der Waals surface area contributed by atoms with Crippen LogP contribution in [-0.4, -0.2) is 61.1 Å². The molecule has 0 spiro atoms. The summed E-state index contributed by atoms with van der Waals surface area (Å²) in [7, 11) is 0. The van der Waals surface area contributed by atoms with Crippen LogP contribution in [0.1, 0.15) is 15.9 Å². The number of hydrogen-bond donors (Lipinski definition) is 0. The monoisotopic (exact) mass is 338 g/mol. The number of morpholine rings is 1. The molecule has 108 valence electrons. The van der Waals surface area contributed by atoms with Gasteiger partial charge in [-0.2, -0.15) is 0 Å². The molecule has 4 nitrogen and oxygen atoms in total. The number of nitrogens with zero attached hydrogens (tertiary/aromatic N) is 2. The van der Waals surface area contributed by atoms with Crippen LogP contribution >= 0.6 is 15.9 Å². The lowest BCUT2D eigenvalue weighted by Gasteiger charge is -2.43. The molecule has 2 heterocycles. The summed E-state index contributed by atoms with van der Waals surface area (Å²) in [6.07, 6.45) is 0. The average Bonchev–Trinajstić information content (AvgIpc) is 2.45. The van der Waals surface area contributed by atoms with Crippen molar-refractivity contribution in [2.75, 3.05) is 39.4 Å². The van der Waals surface area contributed by atoms with E-state index in [-0.39, 0.29) is 5.91 Å². The number of carbonyl (C=O) groups is 1. The van der Waals surface area contributed by atoms with Gasteiger partial charge in [0.25, 0.3) is 5.91 Å². The number of ether oxygens (including phenoxy) is 1. The van der Waals surface area contributed by atoms with Crippen LogP contribution in [0.2, 0.25) is 0 Å². The number of aryl methyl sites for hydroxylation is 1. The van der Waals surface area contributed by atoms with E-state index in [1.165, 1.54) is 0 Å². The van der Waals surface area contributed by atoms with Gasteiger partial charge < -0.3 is 9.64 Å². The summed E-state index contributed by atoms with van der Waals surface area (Å²) in [5, 5.41) is 0. The molecule has 0 bridgehead atoms. The maximum absolute atomic E-state index is 12.6. The van der Waals surface area contributed by atoms with Crippen molar-refractivity contribution in [3.63, 3.8) is 0 Å². The van der Waals surface area contributed by atoms with Gasteiger partial charge in [0.15, 0.2) is 0 Å². The van der Waals surface area contributed by atoms with Crippen molar-refractivity contribution in [2.45, 2.75) is 13.0 Å². The van der Waals surface area contributed by atoms with Gasteiger partial charge in [0, 0.05) is 36.2 Å². The van der Waals surface area contributed by atoms with E-state index >= 15 is 0 Å². The second-order valence-corrected chi connectivity index (χ2v) is 6.45. The zero-order valence-corrected chi connectivity index (χ0v) is 13.2. The first-order valence-electron chi connectivity index (χ1n) is 7.02. The Morgan fingerprint density at radius 2 is 2.15 bits per heavy atom. The molecule has 20 heavy (non-hydrogen) atoms. The van der Waals surface area contributed by atoms with Gasteiger partial charge >= 0.3 is 0 Å². The lowest BCUT2D eigenvalue weighted by Crippen LogP contribution is -2.59. The van der Waals surface area contributed by atoms with Crippen LogP contribution in [0.3, 0.4) is 0 Å². The number of halogens is 1.